The van der Waals surface area contributed by atoms with E-state index >= 15 is 0 Å². The van der Waals surface area contributed by atoms with Crippen molar-refractivity contribution in [3.8, 4) is 5.75 Å². The lowest BCUT2D eigenvalue weighted by molar-refractivity contribution is -0.385. The first-order valence-corrected chi connectivity index (χ1v) is 8.79. The molecule has 8 nitrogen and oxygen atoms in total. The van der Waals surface area contributed by atoms with Gasteiger partial charge in [-0.15, -0.1) is 0 Å². The van der Waals surface area contributed by atoms with Crippen LogP contribution >= 0.6 is 0 Å². The largest absolute Gasteiger partial charge is 0.490 e. The van der Waals surface area contributed by atoms with Crippen LogP contribution in [0.2, 0.25) is 0 Å². The number of fused-ring (bicyclic) bond motifs is 1. The van der Waals surface area contributed by atoms with Crippen LogP contribution in [0.3, 0.4) is 0 Å². The second-order valence-electron chi connectivity index (χ2n) is 6.47. The van der Waals surface area contributed by atoms with Crippen LogP contribution in [0.15, 0.2) is 42.5 Å². The highest BCUT2D eigenvalue weighted by Crippen LogP contribution is 2.28. The van der Waals surface area contributed by atoms with E-state index in [0.29, 0.717) is 13.1 Å². The molecule has 8 heteroatoms. The van der Waals surface area contributed by atoms with E-state index in [1.807, 2.05) is 24.3 Å². The highest BCUT2D eigenvalue weighted by molar-refractivity contribution is 5.93. The number of amides is 1. The second kappa shape index (κ2) is 8.08. The summed E-state index contributed by atoms with van der Waals surface area (Å²) >= 11 is 0. The van der Waals surface area contributed by atoms with Crippen molar-refractivity contribution in [2.75, 3.05) is 13.7 Å². The van der Waals surface area contributed by atoms with Gasteiger partial charge in [-0.3, -0.25) is 14.9 Å². The molecule has 0 bridgehead atoms. The Morgan fingerprint density at radius 1 is 1.18 bits per heavy atom. The van der Waals surface area contributed by atoms with E-state index in [1.165, 1.54) is 31.7 Å². The number of rotatable bonds is 5. The van der Waals surface area contributed by atoms with Crippen molar-refractivity contribution in [3.63, 3.8) is 0 Å². The van der Waals surface area contributed by atoms with Crippen LogP contribution in [0, 0.1) is 10.1 Å². The Hall–Kier alpha value is -3.42. The van der Waals surface area contributed by atoms with Crippen molar-refractivity contribution in [2.45, 2.75) is 26.0 Å². The summed E-state index contributed by atoms with van der Waals surface area (Å²) < 4.78 is 10.2. The van der Waals surface area contributed by atoms with E-state index in [1.54, 1.807) is 4.90 Å². The first kappa shape index (κ1) is 19.3. The van der Waals surface area contributed by atoms with Crippen LogP contribution in [0.1, 0.15) is 28.4 Å². The third-order valence-corrected chi connectivity index (χ3v) is 4.69. The van der Waals surface area contributed by atoms with E-state index in [0.717, 1.165) is 18.1 Å². The Morgan fingerprint density at radius 2 is 1.89 bits per heavy atom. The predicted molar refractivity (Wildman–Crippen MR) is 100 cm³/mol. The highest BCUT2D eigenvalue weighted by atomic mass is 16.6. The lowest BCUT2D eigenvalue weighted by Crippen LogP contribution is -2.42. The van der Waals surface area contributed by atoms with Gasteiger partial charge in [0.1, 0.15) is 0 Å². The molecule has 0 fully saturated rings. The standard InChI is InChI=1S/C20H20N2O6/c1-13(19(23)21-10-9-14-5-3-4-6-16(14)12-21)28-20(24)15-7-8-18(27-2)17(11-15)22(25)26/h3-8,11,13H,9-10,12H2,1-2H3/t13-/m0/s1. The maximum atomic E-state index is 12.7. The van der Waals surface area contributed by atoms with Crippen LogP contribution in [0.4, 0.5) is 5.69 Å². The van der Waals surface area contributed by atoms with Crippen molar-refractivity contribution in [3.05, 3.63) is 69.3 Å². The number of esters is 1. The topological polar surface area (TPSA) is 99.0 Å². The molecule has 1 amide bonds. The Bertz CT molecular complexity index is 927. The predicted octanol–water partition coefficient (Wildman–Crippen LogP) is 2.73. The number of hydrogen-bond acceptors (Lipinski definition) is 6. The number of nitro benzene ring substituents is 1. The van der Waals surface area contributed by atoms with Gasteiger partial charge in [-0.05, 0) is 36.6 Å². The van der Waals surface area contributed by atoms with Crippen LogP contribution in [0.5, 0.6) is 5.75 Å². The van der Waals surface area contributed by atoms with E-state index in [9.17, 15) is 19.7 Å². The van der Waals surface area contributed by atoms with E-state index in [2.05, 4.69) is 0 Å². The zero-order valence-corrected chi connectivity index (χ0v) is 15.6. The molecule has 1 heterocycles. The number of carbonyl (C=O) groups is 2. The minimum absolute atomic E-state index is 0.0175. The lowest BCUT2D eigenvalue weighted by Gasteiger charge is -2.30. The smallest absolute Gasteiger partial charge is 0.339 e. The fourth-order valence-corrected chi connectivity index (χ4v) is 3.18. The molecule has 0 saturated heterocycles. The Morgan fingerprint density at radius 3 is 2.57 bits per heavy atom. The number of ether oxygens (including phenoxy) is 2. The zero-order chi connectivity index (χ0) is 20.3. The van der Waals surface area contributed by atoms with Gasteiger partial charge in [-0.25, -0.2) is 4.79 Å². The summed E-state index contributed by atoms with van der Waals surface area (Å²) in [6.07, 6.45) is -0.258. The third kappa shape index (κ3) is 3.95. The number of benzene rings is 2. The number of carbonyl (C=O) groups excluding carboxylic acids is 2. The van der Waals surface area contributed by atoms with Gasteiger partial charge in [0.05, 0.1) is 17.6 Å². The number of methoxy groups -OCH3 is 1. The van der Waals surface area contributed by atoms with Gasteiger partial charge in [0.2, 0.25) is 0 Å². The van der Waals surface area contributed by atoms with Crippen molar-refractivity contribution in [1.29, 1.82) is 0 Å². The Labute approximate surface area is 161 Å². The van der Waals surface area contributed by atoms with E-state index < -0.39 is 17.0 Å². The minimum atomic E-state index is -1.00. The van der Waals surface area contributed by atoms with Crippen LogP contribution < -0.4 is 4.74 Å². The lowest BCUT2D eigenvalue weighted by atomic mass is 9.99. The molecule has 0 aliphatic carbocycles. The highest BCUT2D eigenvalue weighted by Gasteiger charge is 2.28. The molecule has 1 aliphatic rings. The maximum Gasteiger partial charge on any atom is 0.339 e. The van der Waals surface area contributed by atoms with E-state index in [4.69, 9.17) is 9.47 Å². The van der Waals surface area contributed by atoms with Gasteiger partial charge in [-0.2, -0.15) is 0 Å². The summed E-state index contributed by atoms with van der Waals surface area (Å²) in [5.74, 6) is -1.06. The summed E-state index contributed by atoms with van der Waals surface area (Å²) in [5.41, 5.74) is 1.92. The molecule has 3 rings (SSSR count). The van der Waals surface area contributed by atoms with Crippen molar-refractivity contribution in [2.24, 2.45) is 0 Å². The molecule has 2 aromatic rings. The summed E-state index contributed by atoms with van der Waals surface area (Å²) in [6.45, 7) is 2.51. The maximum absolute atomic E-state index is 12.7. The Balaban J connectivity index is 1.68. The van der Waals surface area contributed by atoms with Gasteiger partial charge in [0.15, 0.2) is 11.9 Å². The van der Waals surface area contributed by atoms with Crippen molar-refractivity contribution < 1.29 is 24.0 Å². The van der Waals surface area contributed by atoms with Gasteiger partial charge < -0.3 is 14.4 Å². The first-order valence-electron chi connectivity index (χ1n) is 8.79. The van der Waals surface area contributed by atoms with Crippen molar-refractivity contribution >= 4 is 17.6 Å². The molecule has 28 heavy (non-hydrogen) atoms. The molecule has 2 aromatic carbocycles. The monoisotopic (exact) mass is 384 g/mol. The molecule has 0 saturated carbocycles. The summed E-state index contributed by atoms with van der Waals surface area (Å²) in [7, 11) is 1.30. The fraction of sp³-hybridized carbons (Fsp3) is 0.300. The average Bonchev–Trinajstić information content (AvgIpc) is 2.72. The zero-order valence-electron chi connectivity index (χ0n) is 15.6. The quantitative estimate of drug-likeness (QED) is 0.446. The van der Waals surface area contributed by atoms with Gasteiger partial charge in [0, 0.05) is 19.2 Å². The molecule has 0 unspecified atom stereocenters. The number of nitro groups is 1. The average molecular weight is 384 g/mol. The van der Waals surface area contributed by atoms with E-state index in [-0.39, 0.29) is 22.9 Å². The fourth-order valence-electron chi connectivity index (χ4n) is 3.18. The Kier molecular flexibility index (Phi) is 5.58. The molecule has 1 aliphatic heterocycles. The van der Waals surface area contributed by atoms with Crippen LogP contribution in [-0.2, 0) is 22.5 Å². The molecule has 0 N–H and O–H groups in total. The third-order valence-electron chi connectivity index (χ3n) is 4.69. The first-order chi connectivity index (χ1) is 13.4. The summed E-state index contributed by atoms with van der Waals surface area (Å²) in [4.78, 5) is 37.1. The molecular weight excluding hydrogens is 364 g/mol. The molecule has 0 spiro atoms. The van der Waals surface area contributed by atoms with Crippen LogP contribution in [0.25, 0.3) is 0 Å². The summed E-state index contributed by atoms with van der Waals surface area (Å²) in [6, 6.07) is 11.7. The summed E-state index contributed by atoms with van der Waals surface area (Å²) in [5, 5.41) is 11.1. The second-order valence-corrected chi connectivity index (χ2v) is 6.47. The molecular formula is C20H20N2O6. The van der Waals surface area contributed by atoms with Gasteiger partial charge >= 0.3 is 11.7 Å². The normalized spacial score (nSPS) is 14.0. The van der Waals surface area contributed by atoms with Gasteiger partial charge in [0.25, 0.3) is 5.91 Å². The van der Waals surface area contributed by atoms with Crippen molar-refractivity contribution in [1.82, 2.24) is 4.90 Å². The minimum Gasteiger partial charge on any atom is -0.490 e. The number of hydrogen-bond donors (Lipinski definition) is 0. The number of nitrogens with zero attached hydrogens (tertiary/aromatic N) is 2. The van der Waals surface area contributed by atoms with Crippen LogP contribution in [-0.4, -0.2) is 41.5 Å². The van der Waals surface area contributed by atoms with Gasteiger partial charge in [-0.1, -0.05) is 24.3 Å². The SMILES string of the molecule is COc1ccc(C(=O)O[C@@H](C)C(=O)N2CCc3ccccc3C2)cc1[N+](=O)[O-]. The molecule has 0 radical (unpaired) electrons. The molecule has 146 valence electrons. The molecule has 0 aromatic heterocycles. The molecule has 1 atom stereocenters.